The number of aliphatic imine (C=N–C) groups is 1. The van der Waals surface area contributed by atoms with E-state index in [1.165, 1.54) is 10.9 Å². The second kappa shape index (κ2) is 9.45. The third kappa shape index (κ3) is 4.80. The molecule has 0 radical (unpaired) electrons. The second-order valence-corrected chi connectivity index (χ2v) is 7.24. The average molecular weight is 423 g/mol. The maximum Gasteiger partial charge on any atom is 0.228 e. The number of hydrogen-bond acceptors (Lipinski definition) is 4. The largest absolute Gasteiger partial charge is 0.361 e. The van der Waals surface area contributed by atoms with Crippen LogP contribution in [0.5, 0.6) is 0 Å². The molecule has 2 aromatic carbocycles. The molecule has 0 aliphatic heterocycles. The summed E-state index contributed by atoms with van der Waals surface area (Å²) in [5.41, 5.74) is 3.32. The Hall–Kier alpha value is -3.32. The van der Waals surface area contributed by atoms with Crippen molar-refractivity contribution in [3.63, 3.8) is 0 Å². The summed E-state index contributed by atoms with van der Waals surface area (Å²) < 4.78 is 5.34. The third-order valence-electron chi connectivity index (χ3n) is 4.79. The molecule has 4 rings (SSSR count). The maximum atomic E-state index is 5.92. The van der Waals surface area contributed by atoms with Crippen molar-refractivity contribution in [3.8, 4) is 11.4 Å². The SMILES string of the molecule is CN=C(NCCc1nc(-c2ccc(Cl)cc2)no1)NCCc1c[nH]c2ccccc12. The highest BCUT2D eigenvalue weighted by atomic mass is 35.5. The van der Waals surface area contributed by atoms with Gasteiger partial charge >= 0.3 is 0 Å². The first-order valence-electron chi connectivity index (χ1n) is 9.81. The molecular weight excluding hydrogens is 400 g/mol. The molecular formula is C22H23ClN6O. The summed E-state index contributed by atoms with van der Waals surface area (Å²) in [6.07, 6.45) is 3.57. The van der Waals surface area contributed by atoms with Crippen molar-refractivity contribution < 1.29 is 4.52 Å². The Morgan fingerprint density at radius 1 is 1.07 bits per heavy atom. The van der Waals surface area contributed by atoms with E-state index in [9.17, 15) is 0 Å². The first kappa shape index (κ1) is 20.0. The van der Waals surface area contributed by atoms with E-state index >= 15 is 0 Å². The Labute approximate surface area is 179 Å². The standard InChI is InChI=1S/C22H23ClN6O/c1-24-22(25-12-10-16-14-27-19-5-3-2-4-18(16)19)26-13-11-20-28-21(29-30-20)15-6-8-17(23)9-7-15/h2-9,14,27H,10-13H2,1H3,(H2,24,25,26). The molecule has 3 N–H and O–H groups in total. The Morgan fingerprint density at radius 2 is 1.83 bits per heavy atom. The van der Waals surface area contributed by atoms with Crippen molar-refractivity contribution in [1.29, 1.82) is 0 Å². The van der Waals surface area contributed by atoms with Crippen LogP contribution in [0.25, 0.3) is 22.3 Å². The minimum Gasteiger partial charge on any atom is -0.361 e. The topological polar surface area (TPSA) is 91.1 Å². The van der Waals surface area contributed by atoms with Crippen molar-refractivity contribution in [2.45, 2.75) is 12.8 Å². The number of guanidine groups is 1. The number of hydrogen-bond donors (Lipinski definition) is 3. The summed E-state index contributed by atoms with van der Waals surface area (Å²) in [4.78, 5) is 12.0. The Balaban J connectivity index is 1.23. The van der Waals surface area contributed by atoms with E-state index in [1.807, 2.05) is 18.2 Å². The summed E-state index contributed by atoms with van der Waals surface area (Å²) in [7, 11) is 1.76. The number of para-hydroxylation sites is 1. The second-order valence-electron chi connectivity index (χ2n) is 6.80. The van der Waals surface area contributed by atoms with E-state index in [1.54, 1.807) is 19.2 Å². The molecule has 0 aliphatic rings. The lowest BCUT2D eigenvalue weighted by Crippen LogP contribution is -2.39. The molecule has 7 nitrogen and oxygen atoms in total. The fourth-order valence-corrected chi connectivity index (χ4v) is 3.36. The van der Waals surface area contributed by atoms with E-state index in [0.29, 0.717) is 29.7 Å². The summed E-state index contributed by atoms with van der Waals surface area (Å²) in [5, 5.41) is 12.6. The van der Waals surface area contributed by atoms with Crippen LogP contribution in [0, 0.1) is 0 Å². The minimum absolute atomic E-state index is 0.558. The molecule has 30 heavy (non-hydrogen) atoms. The lowest BCUT2D eigenvalue weighted by Gasteiger charge is -2.10. The van der Waals surface area contributed by atoms with Crippen LogP contribution in [-0.4, -0.2) is 41.2 Å². The van der Waals surface area contributed by atoms with E-state index in [2.05, 4.69) is 55.1 Å². The summed E-state index contributed by atoms with van der Waals surface area (Å²) >= 11 is 5.92. The highest BCUT2D eigenvalue weighted by molar-refractivity contribution is 6.30. The molecule has 0 bridgehead atoms. The third-order valence-corrected chi connectivity index (χ3v) is 5.04. The molecule has 0 aliphatic carbocycles. The van der Waals surface area contributed by atoms with Gasteiger partial charge in [-0.3, -0.25) is 4.99 Å². The number of aromatic amines is 1. The molecule has 8 heteroatoms. The highest BCUT2D eigenvalue weighted by Gasteiger charge is 2.09. The first-order chi connectivity index (χ1) is 14.7. The number of nitrogens with zero attached hydrogens (tertiary/aromatic N) is 3. The molecule has 154 valence electrons. The highest BCUT2D eigenvalue weighted by Crippen LogP contribution is 2.19. The molecule has 2 aromatic heterocycles. The van der Waals surface area contributed by atoms with Crippen LogP contribution in [0.3, 0.4) is 0 Å². The van der Waals surface area contributed by atoms with Gasteiger partial charge in [-0.05, 0) is 42.3 Å². The van der Waals surface area contributed by atoms with Crippen molar-refractivity contribution in [2.75, 3.05) is 20.1 Å². The van der Waals surface area contributed by atoms with Crippen molar-refractivity contribution in [1.82, 2.24) is 25.8 Å². The summed E-state index contributed by atoms with van der Waals surface area (Å²) in [6.45, 7) is 1.41. The van der Waals surface area contributed by atoms with Crippen LogP contribution in [0.2, 0.25) is 5.02 Å². The predicted molar refractivity (Wildman–Crippen MR) is 120 cm³/mol. The predicted octanol–water partition coefficient (Wildman–Crippen LogP) is 3.82. The minimum atomic E-state index is 0.558. The van der Waals surface area contributed by atoms with Gasteiger partial charge < -0.3 is 20.1 Å². The molecule has 0 spiro atoms. The van der Waals surface area contributed by atoms with E-state index in [4.69, 9.17) is 16.1 Å². The molecule has 0 saturated carbocycles. The van der Waals surface area contributed by atoms with Crippen LogP contribution in [0.15, 0.2) is 64.2 Å². The maximum absolute atomic E-state index is 5.92. The zero-order chi connectivity index (χ0) is 20.8. The van der Waals surface area contributed by atoms with Gasteiger partial charge in [0.15, 0.2) is 5.96 Å². The number of aromatic nitrogens is 3. The van der Waals surface area contributed by atoms with Gasteiger partial charge in [0.05, 0.1) is 0 Å². The number of fused-ring (bicyclic) bond motifs is 1. The summed E-state index contributed by atoms with van der Waals surface area (Å²) in [5.74, 6) is 1.87. The van der Waals surface area contributed by atoms with Gasteiger partial charge in [-0.2, -0.15) is 4.98 Å². The molecule has 0 atom stereocenters. The normalized spacial score (nSPS) is 11.7. The number of H-pyrrole nitrogens is 1. The fourth-order valence-electron chi connectivity index (χ4n) is 3.24. The van der Waals surface area contributed by atoms with Crippen LogP contribution in [0.4, 0.5) is 0 Å². The lowest BCUT2D eigenvalue weighted by molar-refractivity contribution is 0.378. The van der Waals surface area contributed by atoms with Crippen molar-refractivity contribution in [2.24, 2.45) is 4.99 Å². The van der Waals surface area contributed by atoms with Crippen molar-refractivity contribution >= 4 is 28.5 Å². The monoisotopic (exact) mass is 422 g/mol. The Bertz CT molecular complexity index is 1130. The van der Waals surface area contributed by atoms with Gasteiger partial charge in [-0.15, -0.1) is 0 Å². The van der Waals surface area contributed by atoms with Gasteiger partial charge in [0.2, 0.25) is 11.7 Å². The van der Waals surface area contributed by atoms with E-state index in [-0.39, 0.29) is 0 Å². The van der Waals surface area contributed by atoms with Gasteiger partial charge in [-0.1, -0.05) is 35.0 Å². The zero-order valence-corrected chi connectivity index (χ0v) is 17.4. The molecule has 0 amide bonds. The number of benzene rings is 2. The van der Waals surface area contributed by atoms with Gasteiger partial charge in [0.1, 0.15) is 0 Å². The van der Waals surface area contributed by atoms with E-state index < -0.39 is 0 Å². The van der Waals surface area contributed by atoms with Crippen molar-refractivity contribution in [3.05, 3.63) is 71.2 Å². The van der Waals surface area contributed by atoms with Gasteiger partial charge in [-0.25, -0.2) is 0 Å². The average Bonchev–Trinajstić information content (AvgIpc) is 3.41. The first-order valence-corrected chi connectivity index (χ1v) is 10.2. The summed E-state index contributed by atoms with van der Waals surface area (Å²) in [6, 6.07) is 15.7. The van der Waals surface area contributed by atoms with Crippen LogP contribution in [-0.2, 0) is 12.8 Å². The van der Waals surface area contributed by atoms with Gasteiger partial charge in [0, 0.05) is 54.2 Å². The molecule has 2 heterocycles. The molecule has 0 fully saturated rings. The number of halogens is 1. The number of nitrogens with one attached hydrogen (secondary N) is 3. The van der Waals surface area contributed by atoms with Crippen LogP contribution >= 0.6 is 11.6 Å². The van der Waals surface area contributed by atoms with Crippen LogP contribution < -0.4 is 10.6 Å². The fraction of sp³-hybridized carbons (Fsp3) is 0.227. The number of rotatable bonds is 7. The quantitative estimate of drug-likeness (QED) is 0.311. The Kier molecular flexibility index (Phi) is 6.29. The molecule has 0 unspecified atom stereocenters. The molecule has 4 aromatic rings. The zero-order valence-electron chi connectivity index (χ0n) is 16.7. The van der Waals surface area contributed by atoms with Crippen LogP contribution in [0.1, 0.15) is 11.5 Å². The Morgan fingerprint density at radius 3 is 2.63 bits per heavy atom. The van der Waals surface area contributed by atoms with E-state index in [0.717, 1.165) is 30.0 Å². The molecule has 0 saturated heterocycles. The van der Waals surface area contributed by atoms with Gasteiger partial charge in [0.25, 0.3) is 0 Å². The smallest absolute Gasteiger partial charge is 0.228 e. The lowest BCUT2D eigenvalue weighted by atomic mass is 10.1.